The van der Waals surface area contributed by atoms with Crippen molar-refractivity contribution < 1.29 is 9.90 Å². The molecule has 0 spiro atoms. The highest BCUT2D eigenvalue weighted by molar-refractivity contribution is 5.97. The molecule has 1 aliphatic rings. The fourth-order valence-electron chi connectivity index (χ4n) is 2.48. The number of hydrogen-bond acceptors (Lipinski definition) is 3. The summed E-state index contributed by atoms with van der Waals surface area (Å²) in [5.41, 5.74) is 2.02. The van der Waals surface area contributed by atoms with Crippen LogP contribution in [0.25, 0.3) is 0 Å². The molecule has 104 valence electrons. The van der Waals surface area contributed by atoms with Gasteiger partial charge in [0.05, 0.1) is 12.6 Å². The molecule has 19 heavy (non-hydrogen) atoms. The Hall–Kier alpha value is -1.19. The second kappa shape index (κ2) is 6.31. The topological polar surface area (TPSA) is 40.5 Å². The molecule has 1 saturated heterocycles. The molecule has 1 aliphatic heterocycles. The summed E-state index contributed by atoms with van der Waals surface area (Å²) in [6, 6.07) is 7.84. The van der Waals surface area contributed by atoms with E-state index in [1.807, 2.05) is 24.3 Å². The summed E-state index contributed by atoms with van der Waals surface area (Å²) in [6.45, 7) is 6.09. The number of benzene rings is 1. The Labute approximate surface area is 115 Å². The van der Waals surface area contributed by atoms with Crippen LogP contribution in [0.2, 0.25) is 0 Å². The Kier molecular flexibility index (Phi) is 4.72. The van der Waals surface area contributed by atoms with Gasteiger partial charge in [0, 0.05) is 12.1 Å². The average Bonchev–Trinajstić information content (AvgIpc) is 2.43. The van der Waals surface area contributed by atoms with E-state index in [1.165, 1.54) is 5.56 Å². The monoisotopic (exact) mass is 261 g/mol. The lowest BCUT2D eigenvalue weighted by atomic mass is 9.95. The maximum Gasteiger partial charge on any atom is 0.176 e. The van der Waals surface area contributed by atoms with Crippen LogP contribution in [-0.2, 0) is 6.42 Å². The lowest BCUT2D eigenvalue weighted by Gasteiger charge is -2.33. The third kappa shape index (κ3) is 3.64. The third-order valence-electron chi connectivity index (χ3n) is 4.05. The SMILES string of the molecule is CCc1ccc(C(=O)CN2CCC(C)C(O)C2)cc1. The lowest BCUT2D eigenvalue weighted by Crippen LogP contribution is -2.44. The average molecular weight is 261 g/mol. The van der Waals surface area contributed by atoms with E-state index >= 15 is 0 Å². The fourth-order valence-corrected chi connectivity index (χ4v) is 2.48. The van der Waals surface area contributed by atoms with Crippen molar-refractivity contribution in [2.75, 3.05) is 19.6 Å². The van der Waals surface area contributed by atoms with Crippen molar-refractivity contribution in [1.82, 2.24) is 4.90 Å². The molecule has 0 radical (unpaired) electrons. The van der Waals surface area contributed by atoms with Crippen molar-refractivity contribution in [2.45, 2.75) is 32.8 Å². The number of piperidine rings is 1. The van der Waals surface area contributed by atoms with Crippen molar-refractivity contribution in [3.63, 3.8) is 0 Å². The predicted molar refractivity (Wildman–Crippen MR) is 76.4 cm³/mol. The van der Waals surface area contributed by atoms with Crippen LogP contribution >= 0.6 is 0 Å². The Morgan fingerprint density at radius 3 is 2.63 bits per heavy atom. The quantitative estimate of drug-likeness (QED) is 0.844. The normalized spacial score (nSPS) is 24.4. The summed E-state index contributed by atoms with van der Waals surface area (Å²) >= 11 is 0. The highest BCUT2D eigenvalue weighted by Gasteiger charge is 2.25. The molecule has 2 unspecified atom stereocenters. The van der Waals surface area contributed by atoms with Crippen LogP contribution in [0.5, 0.6) is 0 Å². The summed E-state index contributed by atoms with van der Waals surface area (Å²) in [7, 11) is 0. The van der Waals surface area contributed by atoms with E-state index in [-0.39, 0.29) is 11.9 Å². The number of β-amino-alcohol motifs (C(OH)–C–C–N with tert-alkyl or cyclic N) is 1. The summed E-state index contributed by atoms with van der Waals surface area (Å²) in [4.78, 5) is 14.2. The van der Waals surface area contributed by atoms with Crippen LogP contribution in [0, 0.1) is 5.92 Å². The smallest absolute Gasteiger partial charge is 0.176 e. The Morgan fingerprint density at radius 1 is 1.37 bits per heavy atom. The molecule has 0 saturated carbocycles. The molecular formula is C16H23NO2. The Morgan fingerprint density at radius 2 is 2.05 bits per heavy atom. The lowest BCUT2D eigenvalue weighted by molar-refractivity contribution is 0.0295. The third-order valence-corrected chi connectivity index (χ3v) is 4.05. The summed E-state index contributed by atoms with van der Waals surface area (Å²) < 4.78 is 0. The number of carbonyl (C=O) groups excluding carboxylic acids is 1. The van der Waals surface area contributed by atoms with Crippen molar-refractivity contribution in [2.24, 2.45) is 5.92 Å². The molecule has 2 rings (SSSR count). The number of ketones is 1. The molecule has 3 heteroatoms. The summed E-state index contributed by atoms with van der Waals surface area (Å²) in [6.07, 6.45) is 1.65. The molecule has 0 amide bonds. The van der Waals surface area contributed by atoms with E-state index in [2.05, 4.69) is 18.7 Å². The molecule has 1 heterocycles. The van der Waals surface area contributed by atoms with Gasteiger partial charge in [0.1, 0.15) is 0 Å². The number of aryl methyl sites for hydroxylation is 1. The molecule has 1 N–H and O–H groups in total. The number of likely N-dealkylation sites (tertiary alicyclic amines) is 1. The van der Waals surface area contributed by atoms with Gasteiger partial charge in [-0.2, -0.15) is 0 Å². The number of nitrogens with zero attached hydrogens (tertiary/aromatic N) is 1. The van der Waals surface area contributed by atoms with Crippen molar-refractivity contribution in [3.8, 4) is 0 Å². The van der Waals surface area contributed by atoms with E-state index in [0.717, 1.165) is 24.9 Å². The molecule has 2 atom stereocenters. The molecule has 3 nitrogen and oxygen atoms in total. The molecule has 0 aromatic heterocycles. The van der Waals surface area contributed by atoms with Crippen LogP contribution in [-0.4, -0.2) is 41.5 Å². The Balaban J connectivity index is 1.93. The fraction of sp³-hybridized carbons (Fsp3) is 0.562. The number of hydrogen-bond donors (Lipinski definition) is 1. The van der Waals surface area contributed by atoms with E-state index in [0.29, 0.717) is 19.0 Å². The molecular weight excluding hydrogens is 238 g/mol. The predicted octanol–water partition coefficient (Wildman–Crippen LogP) is 2.13. The van der Waals surface area contributed by atoms with Gasteiger partial charge in [-0.15, -0.1) is 0 Å². The van der Waals surface area contributed by atoms with Crippen LogP contribution in [0.15, 0.2) is 24.3 Å². The second-order valence-electron chi connectivity index (χ2n) is 5.54. The maximum absolute atomic E-state index is 12.2. The van der Waals surface area contributed by atoms with Crippen molar-refractivity contribution >= 4 is 5.78 Å². The zero-order valence-electron chi connectivity index (χ0n) is 11.8. The first-order valence-corrected chi connectivity index (χ1v) is 7.12. The number of rotatable bonds is 4. The Bertz CT molecular complexity index is 427. The highest BCUT2D eigenvalue weighted by Crippen LogP contribution is 2.17. The van der Waals surface area contributed by atoms with Gasteiger partial charge in [0.25, 0.3) is 0 Å². The van der Waals surface area contributed by atoms with Crippen LogP contribution in [0.4, 0.5) is 0 Å². The van der Waals surface area contributed by atoms with Crippen LogP contribution in [0.1, 0.15) is 36.2 Å². The van der Waals surface area contributed by atoms with Gasteiger partial charge in [-0.3, -0.25) is 9.69 Å². The minimum atomic E-state index is -0.302. The van der Waals surface area contributed by atoms with Gasteiger partial charge in [0.15, 0.2) is 5.78 Å². The maximum atomic E-state index is 12.2. The molecule has 1 fully saturated rings. The number of Topliss-reactive ketones (excluding diaryl/α,β-unsaturated/α-hetero) is 1. The standard InChI is InChI=1S/C16H23NO2/c1-3-13-4-6-14(7-5-13)16(19)11-17-9-8-12(2)15(18)10-17/h4-7,12,15,18H,3,8-11H2,1-2H3. The minimum Gasteiger partial charge on any atom is -0.392 e. The van der Waals surface area contributed by atoms with E-state index < -0.39 is 0 Å². The van der Waals surface area contributed by atoms with Gasteiger partial charge < -0.3 is 5.11 Å². The van der Waals surface area contributed by atoms with Gasteiger partial charge in [-0.1, -0.05) is 38.1 Å². The molecule has 1 aromatic carbocycles. The number of aliphatic hydroxyl groups is 1. The summed E-state index contributed by atoms with van der Waals surface area (Å²) in [5.74, 6) is 0.486. The van der Waals surface area contributed by atoms with Gasteiger partial charge in [0.2, 0.25) is 0 Å². The minimum absolute atomic E-state index is 0.143. The largest absolute Gasteiger partial charge is 0.392 e. The van der Waals surface area contributed by atoms with Crippen LogP contribution < -0.4 is 0 Å². The van der Waals surface area contributed by atoms with E-state index in [1.54, 1.807) is 0 Å². The van der Waals surface area contributed by atoms with Crippen LogP contribution in [0.3, 0.4) is 0 Å². The van der Waals surface area contributed by atoms with Crippen molar-refractivity contribution in [1.29, 1.82) is 0 Å². The molecule has 0 bridgehead atoms. The zero-order valence-corrected chi connectivity index (χ0v) is 11.8. The number of carbonyl (C=O) groups is 1. The van der Waals surface area contributed by atoms with E-state index in [4.69, 9.17) is 0 Å². The van der Waals surface area contributed by atoms with Gasteiger partial charge in [-0.25, -0.2) is 0 Å². The number of aliphatic hydroxyl groups excluding tert-OH is 1. The molecule has 1 aromatic rings. The molecule has 0 aliphatic carbocycles. The van der Waals surface area contributed by atoms with Crippen molar-refractivity contribution in [3.05, 3.63) is 35.4 Å². The van der Waals surface area contributed by atoms with Gasteiger partial charge in [-0.05, 0) is 30.9 Å². The zero-order chi connectivity index (χ0) is 13.8. The first kappa shape index (κ1) is 14.2. The first-order valence-electron chi connectivity index (χ1n) is 7.12. The first-order chi connectivity index (χ1) is 9.10. The second-order valence-corrected chi connectivity index (χ2v) is 5.54. The van der Waals surface area contributed by atoms with E-state index in [9.17, 15) is 9.90 Å². The highest BCUT2D eigenvalue weighted by atomic mass is 16.3. The summed E-state index contributed by atoms with van der Waals surface area (Å²) in [5, 5.41) is 9.85. The van der Waals surface area contributed by atoms with Gasteiger partial charge >= 0.3 is 0 Å².